The maximum atomic E-state index is 12.5. The maximum absolute atomic E-state index is 12.5. The molecule has 3 aromatic rings. The lowest BCUT2D eigenvalue weighted by molar-refractivity contribution is 0.0911. The number of benzene rings is 1. The molecule has 2 heterocycles. The molecule has 0 aliphatic heterocycles. The van der Waals surface area contributed by atoms with E-state index >= 15 is 0 Å². The molecule has 0 unspecified atom stereocenters. The topological polar surface area (TPSA) is 75.7 Å². The van der Waals surface area contributed by atoms with Crippen molar-refractivity contribution in [2.24, 2.45) is 0 Å². The first-order valence-electron chi connectivity index (χ1n) is 8.40. The first-order valence-corrected chi connectivity index (χ1v) is 8.40. The van der Waals surface area contributed by atoms with Gasteiger partial charge in [-0.1, -0.05) is 6.07 Å². The second-order valence-electron chi connectivity index (χ2n) is 6.61. The third-order valence-corrected chi connectivity index (χ3v) is 4.28. The van der Waals surface area contributed by atoms with Gasteiger partial charge < -0.3 is 14.2 Å². The normalized spacial score (nSPS) is 12.5. The highest BCUT2D eigenvalue weighted by atomic mass is 16.3. The Labute approximate surface area is 151 Å². The molecule has 3 rings (SSSR count). The lowest BCUT2D eigenvalue weighted by atomic mass is 10.1. The number of amides is 1. The average Bonchev–Trinajstić information content (AvgIpc) is 3.00. The van der Waals surface area contributed by atoms with E-state index < -0.39 is 5.91 Å². The third-order valence-electron chi connectivity index (χ3n) is 4.28. The Morgan fingerprint density at radius 3 is 2.54 bits per heavy atom. The van der Waals surface area contributed by atoms with E-state index in [2.05, 4.69) is 5.32 Å². The summed E-state index contributed by atoms with van der Waals surface area (Å²) < 4.78 is 11.3. The van der Waals surface area contributed by atoms with Crippen molar-refractivity contribution in [2.75, 3.05) is 20.6 Å². The van der Waals surface area contributed by atoms with Gasteiger partial charge in [0.1, 0.15) is 17.1 Å². The van der Waals surface area contributed by atoms with Crippen LogP contribution >= 0.6 is 0 Å². The smallest absolute Gasteiger partial charge is 0.287 e. The van der Waals surface area contributed by atoms with Gasteiger partial charge in [-0.05, 0) is 57.8 Å². The molecule has 1 amide bonds. The van der Waals surface area contributed by atoms with Crippen LogP contribution in [0.3, 0.4) is 0 Å². The summed E-state index contributed by atoms with van der Waals surface area (Å²) in [5, 5.41) is 3.28. The summed E-state index contributed by atoms with van der Waals surface area (Å²) in [4.78, 5) is 26.7. The number of aryl methyl sites for hydroxylation is 2. The van der Waals surface area contributed by atoms with E-state index in [1.165, 1.54) is 6.07 Å². The van der Waals surface area contributed by atoms with Gasteiger partial charge in [-0.3, -0.25) is 14.5 Å². The van der Waals surface area contributed by atoms with E-state index in [9.17, 15) is 9.59 Å². The summed E-state index contributed by atoms with van der Waals surface area (Å²) in [6.45, 7) is 4.11. The Morgan fingerprint density at radius 1 is 1.12 bits per heavy atom. The van der Waals surface area contributed by atoms with Crippen LogP contribution in [0.15, 0.2) is 50.0 Å². The van der Waals surface area contributed by atoms with Crippen LogP contribution in [0.25, 0.3) is 11.0 Å². The Balaban J connectivity index is 1.81. The zero-order valence-electron chi connectivity index (χ0n) is 15.3. The molecule has 1 N–H and O–H groups in total. The molecule has 0 saturated heterocycles. The molecule has 6 heteroatoms. The summed E-state index contributed by atoms with van der Waals surface area (Å²) in [5.41, 5.74) is 1.13. The van der Waals surface area contributed by atoms with Crippen molar-refractivity contribution in [1.82, 2.24) is 10.2 Å². The quantitative estimate of drug-likeness (QED) is 0.762. The van der Waals surface area contributed by atoms with Gasteiger partial charge in [0.25, 0.3) is 5.91 Å². The zero-order valence-corrected chi connectivity index (χ0v) is 15.3. The van der Waals surface area contributed by atoms with Crippen molar-refractivity contribution in [3.8, 4) is 0 Å². The molecule has 6 nitrogen and oxygen atoms in total. The predicted molar refractivity (Wildman–Crippen MR) is 99.4 cm³/mol. The van der Waals surface area contributed by atoms with Crippen LogP contribution in [0.2, 0.25) is 0 Å². The third kappa shape index (κ3) is 3.70. The number of nitrogens with one attached hydrogen (secondary N) is 1. The molecular formula is C20H22N2O4. The number of fused-ring (bicyclic) bond motifs is 1. The van der Waals surface area contributed by atoms with E-state index in [0.717, 1.165) is 17.1 Å². The predicted octanol–water partition coefficient (Wildman–Crippen LogP) is 3.04. The van der Waals surface area contributed by atoms with Gasteiger partial charge in [0.2, 0.25) is 0 Å². The molecule has 26 heavy (non-hydrogen) atoms. The number of nitrogens with zero attached hydrogens (tertiary/aromatic N) is 1. The maximum Gasteiger partial charge on any atom is 0.287 e. The number of carbonyl (C=O) groups is 1. The van der Waals surface area contributed by atoms with Crippen molar-refractivity contribution in [3.63, 3.8) is 0 Å². The van der Waals surface area contributed by atoms with Gasteiger partial charge in [-0.2, -0.15) is 0 Å². The molecule has 1 aromatic carbocycles. The fourth-order valence-corrected chi connectivity index (χ4v) is 2.82. The fourth-order valence-electron chi connectivity index (χ4n) is 2.82. The lowest BCUT2D eigenvalue weighted by Gasteiger charge is -2.22. The molecule has 0 fully saturated rings. The second-order valence-corrected chi connectivity index (χ2v) is 6.61. The van der Waals surface area contributed by atoms with E-state index in [1.54, 1.807) is 12.1 Å². The summed E-state index contributed by atoms with van der Waals surface area (Å²) >= 11 is 0. The zero-order chi connectivity index (χ0) is 18.8. The molecule has 0 aliphatic rings. The molecule has 0 spiro atoms. The summed E-state index contributed by atoms with van der Waals surface area (Å²) in [6, 6.07) is 10.2. The standard InChI is InChI=1S/C20H22N2O4/c1-12-5-7-14-16(23)10-19(26-18(14)9-12)20(24)21-11-15(22(3)4)17-8-6-13(2)25-17/h5-10,15H,11H2,1-4H3,(H,21,24)/t15-/m0/s1. The lowest BCUT2D eigenvalue weighted by Crippen LogP contribution is -2.34. The van der Waals surface area contributed by atoms with Crippen molar-refractivity contribution in [1.29, 1.82) is 0 Å². The first kappa shape index (κ1) is 17.9. The first-order chi connectivity index (χ1) is 12.3. The van der Waals surface area contributed by atoms with Crippen LogP contribution in [-0.4, -0.2) is 31.4 Å². The number of rotatable bonds is 5. The molecule has 0 bridgehead atoms. The molecule has 0 aliphatic carbocycles. The largest absolute Gasteiger partial charge is 0.465 e. The molecular weight excluding hydrogens is 332 g/mol. The van der Waals surface area contributed by atoms with Crippen LogP contribution < -0.4 is 10.7 Å². The highest BCUT2D eigenvalue weighted by molar-refractivity contribution is 5.93. The van der Waals surface area contributed by atoms with E-state index in [0.29, 0.717) is 17.5 Å². The van der Waals surface area contributed by atoms with Crippen molar-refractivity contribution >= 4 is 16.9 Å². The Kier molecular flexibility index (Phi) is 4.95. The number of furan rings is 1. The van der Waals surface area contributed by atoms with Gasteiger partial charge in [-0.15, -0.1) is 0 Å². The summed E-state index contributed by atoms with van der Waals surface area (Å²) in [6.07, 6.45) is 0. The minimum Gasteiger partial charge on any atom is -0.465 e. The van der Waals surface area contributed by atoms with Gasteiger partial charge >= 0.3 is 0 Å². The van der Waals surface area contributed by atoms with E-state index in [1.807, 2.05) is 51.0 Å². The Bertz CT molecular complexity index is 1000. The van der Waals surface area contributed by atoms with Crippen molar-refractivity contribution in [2.45, 2.75) is 19.9 Å². The minimum absolute atomic E-state index is 0.00114. The van der Waals surface area contributed by atoms with Crippen LogP contribution in [0.4, 0.5) is 0 Å². The van der Waals surface area contributed by atoms with Crippen LogP contribution in [0, 0.1) is 13.8 Å². The van der Waals surface area contributed by atoms with Crippen molar-refractivity contribution < 1.29 is 13.6 Å². The summed E-state index contributed by atoms with van der Waals surface area (Å²) in [7, 11) is 3.82. The van der Waals surface area contributed by atoms with Crippen LogP contribution in [-0.2, 0) is 0 Å². The minimum atomic E-state index is -0.430. The molecule has 1 atom stereocenters. The van der Waals surface area contributed by atoms with Gasteiger partial charge in [0, 0.05) is 12.6 Å². The average molecular weight is 354 g/mol. The van der Waals surface area contributed by atoms with Gasteiger partial charge in [0.05, 0.1) is 11.4 Å². The van der Waals surface area contributed by atoms with Gasteiger partial charge in [0.15, 0.2) is 11.2 Å². The van der Waals surface area contributed by atoms with Crippen LogP contribution in [0.5, 0.6) is 0 Å². The number of hydrogen-bond donors (Lipinski definition) is 1. The number of carbonyl (C=O) groups excluding carboxylic acids is 1. The SMILES string of the molecule is Cc1ccc2c(=O)cc(C(=O)NC[C@@H](c3ccc(C)o3)N(C)C)oc2c1. The highest BCUT2D eigenvalue weighted by Gasteiger charge is 2.20. The highest BCUT2D eigenvalue weighted by Crippen LogP contribution is 2.20. The Hall–Kier alpha value is -2.86. The van der Waals surface area contributed by atoms with E-state index in [4.69, 9.17) is 8.83 Å². The molecule has 0 radical (unpaired) electrons. The second kappa shape index (κ2) is 7.17. The van der Waals surface area contributed by atoms with Crippen LogP contribution in [0.1, 0.15) is 33.7 Å². The van der Waals surface area contributed by atoms with Crippen molar-refractivity contribution in [3.05, 3.63) is 69.5 Å². The summed E-state index contributed by atoms with van der Waals surface area (Å²) in [5.74, 6) is 1.15. The fraction of sp³-hybridized carbons (Fsp3) is 0.300. The molecule has 136 valence electrons. The molecule has 2 aromatic heterocycles. The monoisotopic (exact) mass is 354 g/mol. The number of hydrogen-bond acceptors (Lipinski definition) is 5. The Morgan fingerprint density at radius 2 is 1.88 bits per heavy atom. The van der Waals surface area contributed by atoms with Gasteiger partial charge in [-0.25, -0.2) is 0 Å². The molecule has 0 saturated carbocycles. The number of likely N-dealkylation sites (N-methyl/N-ethyl adjacent to an activating group) is 1. The van der Waals surface area contributed by atoms with E-state index in [-0.39, 0.29) is 17.2 Å².